The van der Waals surface area contributed by atoms with Gasteiger partial charge in [0.2, 0.25) is 5.91 Å². The van der Waals surface area contributed by atoms with Crippen molar-refractivity contribution < 1.29 is 9.90 Å². The number of rotatable bonds is 4. The van der Waals surface area contributed by atoms with E-state index in [9.17, 15) is 4.79 Å². The third-order valence-corrected chi connectivity index (χ3v) is 1.21. The maximum atomic E-state index is 10.7. The van der Waals surface area contributed by atoms with E-state index in [1.165, 1.54) is 6.92 Å². The molecule has 0 fully saturated rings. The summed E-state index contributed by atoms with van der Waals surface area (Å²) in [6.45, 7) is 4.18. The van der Waals surface area contributed by atoms with Gasteiger partial charge in [0, 0.05) is 6.54 Å². The van der Waals surface area contributed by atoms with Crippen LogP contribution in [0.4, 0.5) is 0 Å². The van der Waals surface area contributed by atoms with Crippen LogP contribution in [-0.2, 0) is 4.79 Å². The summed E-state index contributed by atoms with van der Waals surface area (Å²) in [4.78, 5) is 10.7. The monoisotopic (exact) mass is 145 g/mol. The van der Waals surface area contributed by atoms with Crippen LogP contribution in [0.15, 0.2) is 0 Å². The first kappa shape index (κ1) is 9.43. The maximum absolute atomic E-state index is 10.7. The van der Waals surface area contributed by atoms with Crippen LogP contribution >= 0.6 is 0 Å². The second kappa shape index (κ2) is 5.23. The predicted molar refractivity (Wildman–Crippen MR) is 39.6 cm³/mol. The van der Waals surface area contributed by atoms with Crippen molar-refractivity contribution in [2.45, 2.75) is 32.8 Å². The Morgan fingerprint density at radius 2 is 2.30 bits per heavy atom. The average Bonchev–Trinajstić information content (AvgIpc) is 1.88. The van der Waals surface area contributed by atoms with Gasteiger partial charge in [-0.1, -0.05) is 13.3 Å². The number of unbranched alkanes of at least 4 members (excludes halogenated alkanes) is 1. The van der Waals surface area contributed by atoms with Crippen LogP contribution in [0, 0.1) is 0 Å². The van der Waals surface area contributed by atoms with Crippen molar-refractivity contribution in [3.63, 3.8) is 0 Å². The highest BCUT2D eigenvalue weighted by Crippen LogP contribution is 1.84. The van der Waals surface area contributed by atoms with Crippen molar-refractivity contribution in [3.8, 4) is 0 Å². The van der Waals surface area contributed by atoms with Gasteiger partial charge in [0.1, 0.15) is 6.10 Å². The van der Waals surface area contributed by atoms with Crippen LogP contribution in [-0.4, -0.2) is 23.7 Å². The van der Waals surface area contributed by atoms with E-state index >= 15 is 0 Å². The molecule has 3 heteroatoms. The Morgan fingerprint density at radius 3 is 2.70 bits per heavy atom. The minimum absolute atomic E-state index is 0.284. The summed E-state index contributed by atoms with van der Waals surface area (Å²) in [7, 11) is 0. The van der Waals surface area contributed by atoms with E-state index in [1.807, 2.05) is 0 Å². The zero-order chi connectivity index (χ0) is 7.98. The smallest absolute Gasteiger partial charge is 0.248 e. The first-order valence-electron chi connectivity index (χ1n) is 3.64. The second-order valence-corrected chi connectivity index (χ2v) is 2.32. The van der Waals surface area contributed by atoms with Gasteiger partial charge in [-0.15, -0.1) is 0 Å². The number of amides is 1. The van der Waals surface area contributed by atoms with Gasteiger partial charge in [-0.25, -0.2) is 0 Å². The van der Waals surface area contributed by atoms with Crippen LogP contribution in [0.3, 0.4) is 0 Å². The molecule has 1 amide bonds. The Balaban J connectivity index is 3.22. The van der Waals surface area contributed by atoms with Crippen LogP contribution in [0.1, 0.15) is 26.7 Å². The van der Waals surface area contributed by atoms with Crippen LogP contribution in [0.5, 0.6) is 0 Å². The Morgan fingerprint density at radius 1 is 1.70 bits per heavy atom. The molecule has 0 aromatic heterocycles. The van der Waals surface area contributed by atoms with Crippen molar-refractivity contribution >= 4 is 5.91 Å². The predicted octanol–water partition coefficient (Wildman–Crippen LogP) is 0.283. The van der Waals surface area contributed by atoms with Gasteiger partial charge < -0.3 is 10.4 Å². The zero-order valence-corrected chi connectivity index (χ0v) is 6.55. The number of aliphatic hydroxyl groups excluding tert-OH is 1. The molecule has 3 nitrogen and oxygen atoms in total. The fourth-order valence-corrected chi connectivity index (χ4v) is 0.536. The highest BCUT2D eigenvalue weighted by Gasteiger charge is 2.05. The van der Waals surface area contributed by atoms with E-state index in [0.717, 1.165) is 12.8 Å². The summed E-state index contributed by atoms with van der Waals surface area (Å²) in [6, 6.07) is 0. The molecule has 0 bridgehead atoms. The third-order valence-electron chi connectivity index (χ3n) is 1.21. The summed E-state index contributed by atoms with van der Waals surface area (Å²) in [5.74, 6) is -0.284. The topological polar surface area (TPSA) is 49.3 Å². The molecule has 0 saturated carbocycles. The number of aliphatic hydroxyl groups is 1. The summed E-state index contributed by atoms with van der Waals surface area (Å²) in [5, 5.41) is 11.3. The van der Waals surface area contributed by atoms with Crippen molar-refractivity contribution in [2.75, 3.05) is 6.54 Å². The normalized spacial score (nSPS) is 12.7. The number of nitrogens with one attached hydrogen (secondary N) is 1. The quantitative estimate of drug-likeness (QED) is 0.558. The van der Waals surface area contributed by atoms with Gasteiger partial charge in [0.15, 0.2) is 0 Å². The zero-order valence-electron chi connectivity index (χ0n) is 6.55. The molecule has 0 rings (SSSR count). The summed E-state index contributed by atoms with van der Waals surface area (Å²) in [6.07, 6.45) is 1.15. The highest BCUT2D eigenvalue weighted by atomic mass is 16.3. The minimum atomic E-state index is -0.878. The Labute approximate surface area is 61.4 Å². The van der Waals surface area contributed by atoms with Gasteiger partial charge >= 0.3 is 0 Å². The molecule has 0 heterocycles. The van der Waals surface area contributed by atoms with E-state index in [1.54, 1.807) is 0 Å². The van der Waals surface area contributed by atoms with E-state index in [4.69, 9.17) is 5.11 Å². The van der Waals surface area contributed by atoms with Crippen molar-refractivity contribution in [1.29, 1.82) is 0 Å². The van der Waals surface area contributed by atoms with Gasteiger partial charge in [-0.3, -0.25) is 4.79 Å². The molecule has 0 aliphatic rings. The molecule has 60 valence electrons. The molecule has 0 aromatic rings. The Bertz CT molecular complexity index is 102. The Hall–Kier alpha value is -0.570. The fourth-order valence-electron chi connectivity index (χ4n) is 0.536. The number of hydrogen-bond donors (Lipinski definition) is 2. The minimum Gasteiger partial charge on any atom is -0.384 e. The molecular weight excluding hydrogens is 130 g/mol. The number of carbonyl (C=O) groups is 1. The van der Waals surface area contributed by atoms with E-state index in [-0.39, 0.29) is 5.91 Å². The molecule has 0 aromatic carbocycles. The van der Waals surface area contributed by atoms with Crippen molar-refractivity contribution in [3.05, 3.63) is 0 Å². The lowest BCUT2D eigenvalue weighted by Gasteiger charge is -2.04. The molecule has 0 spiro atoms. The summed E-state index contributed by atoms with van der Waals surface area (Å²) < 4.78 is 0. The molecule has 0 aliphatic carbocycles. The van der Waals surface area contributed by atoms with Crippen LogP contribution in [0.25, 0.3) is 0 Å². The maximum Gasteiger partial charge on any atom is 0.248 e. The Kier molecular flexibility index (Phi) is 4.94. The van der Waals surface area contributed by atoms with Gasteiger partial charge in [0.05, 0.1) is 0 Å². The van der Waals surface area contributed by atoms with E-state index in [0.29, 0.717) is 6.54 Å². The molecule has 0 aliphatic heterocycles. The molecule has 1 atom stereocenters. The highest BCUT2D eigenvalue weighted by molar-refractivity contribution is 5.79. The number of hydrogen-bond acceptors (Lipinski definition) is 2. The molecule has 10 heavy (non-hydrogen) atoms. The lowest BCUT2D eigenvalue weighted by Crippen LogP contribution is -2.32. The average molecular weight is 145 g/mol. The standard InChI is InChI=1S/C7H15NO2/c1-3-4-5-8-7(10)6(2)9/h6,9H,3-5H2,1-2H3,(H,8,10)/t6-/m0/s1. The number of carbonyl (C=O) groups excluding carboxylic acids is 1. The first-order valence-corrected chi connectivity index (χ1v) is 3.64. The lowest BCUT2D eigenvalue weighted by molar-refractivity contribution is -0.128. The SMILES string of the molecule is CCCCNC(=O)[C@H](C)O. The van der Waals surface area contributed by atoms with Crippen LogP contribution in [0.2, 0.25) is 0 Å². The largest absolute Gasteiger partial charge is 0.384 e. The lowest BCUT2D eigenvalue weighted by atomic mass is 10.3. The summed E-state index contributed by atoms with van der Waals surface area (Å²) >= 11 is 0. The van der Waals surface area contributed by atoms with E-state index < -0.39 is 6.10 Å². The van der Waals surface area contributed by atoms with Gasteiger partial charge in [-0.05, 0) is 13.3 Å². The first-order chi connectivity index (χ1) is 4.68. The molecule has 0 radical (unpaired) electrons. The molecule has 2 N–H and O–H groups in total. The van der Waals surface area contributed by atoms with Crippen LogP contribution < -0.4 is 5.32 Å². The van der Waals surface area contributed by atoms with Gasteiger partial charge in [-0.2, -0.15) is 0 Å². The van der Waals surface area contributed by atoms with Crippen molar-refractivity contribution in [1.82, 2.24) is 5.32 Å². The molecular formula is C7H15NO2. The third kappa shape index (κ3) is 4.32. The molecule has 0 saturated heterocycles. The van der Waals surface area contributed by atoms with Gasteiger partial charge in [0.25, 0.3) is 0 Å². The van der Waals surface area contributed by atoms with E-state index in [2.05, 4.69) is 12.2 Å². The fraction of sp³-hybridized carbons (Fsp3) is 0.857. The molecule has 0 unspecified atom stereocenters. The summed E-state index contributed by atoms with van der Waals surface area (Å²) in [5.41, 5.74) is 0. The second-order valence-electron chi connectivity index (χ2n) is 2.32. The van der Waals surface area contributed by atoms with Crippen molar-refractivity contribution in [2.24, 2.45) is 0 Å².